The number of aryl methyl sites for hydroxylation is 1. The molecule has 120 valence electrons. The number of ether oxygens (including phenoxy) is 1. The Bertz CT molecular complexity index is 810. The molecule has 3 aromatic rings. The van der Waals surface area contributed by atoms with Crippen LogP contribution in [0.1, 0.15) is 12.8 Å². The first-order valence-electron chi connectivity index (χ1n) is 7.82. The van der Waals surface area contributed by atoms with Gasteiger partial charge in [-0.15, -0.1) is 0 Å². The lowest BCUT2D eigenvalue weighted by Gasteiger charge is -2.04. The Morgan fingerprint density at radius 1 is 1.22 bits per heavy atom. The van der Waals surface area contributed by atoms with Gasteiger partial charge in [-0.1, -0.05) is 12.1 Å². The molecule has 1 aromatic carbocycles. The molecule has 0 atom stereocenters. The highest BCUT2D eigenvalue weighted by atomic mass is 16.5. The summed E-state index contributed by atoms with van der Waals surface area (Å²) in [5.74, 6) is 1.38. The van der Waals surface area contributed by atoms with Gasteiger partial charge in [0.25, 0.3) is 0 Å². The summed E-state index contributed by atoms with van der Waals surface area (Å²) in [5.41, 5.74) is 15.0. The Morgan fingerprint density at radius 2 is 2.09 bits per heavy atom. The second-order valence-corrected chi connectivity index (χ2v) is 5.55. The van der Waals surface area contributed by atoms with E-state index in [1.165, 1.54) is 0 Å². The van der Waals surface area contributed by atoms with Crippen LogP contribution in [0.4, 0.5) is 5.82 Å². The number of fused-ring (bicyclic) bond motifs is 1. The molecule has 0 bridgehead atoms. The molecule has 0 fully saturated rings. The predicted molar refractivity (Wildman–Crippen MR) is 94.4 cm³/mol. The van der Waals surface area contributed by atoms with Crippen molar-refractivity contribution in [3.05, 3.63) is 42.7 Å². The summed E-state index contributed by atoms with van der Waals surface area (Å²) in [5, 5.41) is 0.994. The Hall–Kier alpha value is -2.53. The van der Waals surface area contributed by atoms with Gasteiger partial charge in [0.05, 0.1) is 12.6 Å². The monoisotopic (exact) mass is 310 g/mol. The van der Waals surface area contributed by atoms with Crippen LogP contribution in [0.5, 0.6) is 5.75 Å². The molecule has 2 heterocycles. The second kappa shape index (κ2) is 6.71. The molecule has 4 N–H and O–H groups in total. The van der Waals surface area contributed by atoms with Gasteiger partial charge in [-0.2, -0.15) is 0 Å². The third-order valence-electron chi connectivity index (χ3n) is 4.06. The molecule has 3 rings (SSSR count). The minimum absolute atomic E-state index is 0.554. The van der Waals surface area contributed by atoms with E-state index < -0.39 is 0 Å². The van der Waals surface area contributed by atoms with E-state index in [4.69, 9.17) is 16.2 Å². The Labute approximate surface area is 135 Å². The molecule has 0 saturated carbocycles. The lowest BCUT2D eigenvalue weighted by molar-refractivity contribution is 0.415. The van der Waals surface area contributed by atoms with Gasteiger partial charge in [-0.25, -0.2) is 4.98 Å². The highest BCUT2D eigenvalue weighted by molar-refractivity contribution is 6.02. The highest BCUT2D eigenvalue weighted by Gasteiger charge is 2.14. The van der Waals surface area contributed by atoms with Crippen LogP contribution in [0.15, 0.2) is 42.7 Å². The predicted octanol–water partition coefficient (Wildman–Crippen LogP) is 3.03. The molecule has 2 aromatic heterocycles. The molecule has 5 nitrogen and oxygen atoms in total. The number of benzene rings is 1. The van der Waals surface area contributed by atoms with Crippen molar-refractivity contribution < 1.29 is 4.74 Å². The summed E-state index contributed by atoms with van der Waals surface area (Å²) in [6.45, 7) is 1.63. The van der Waals surface area contributed by atoms with Crippen LogP contribution in [0.25, 0.3) is 22.0 Å². The number of aromatic nitrogens is 2. The molecule has 0 radical (unpaired) electrons. The van der Waals surface area contributed by atoms with E-state index in [-0.39, 0.29) is 0 Å². The molecule has 0 unspecified atom stereocenters. The first-order chi connectivity index (χ1) is 11.2. The first-order valence-corrected chi connectivity index (χ1v) is 7.82. The highest BCUT2D eigenvalue weighted by Crippen LogP contribution is 2.35. The van der Waals surface area contributed by atoms with Crippen molar-refractivity contribution in [1.29, 1.82) is 0 Å². The summed E-state index contributed by atoms with van der Waals surface area (Å²) in [7, 11) is 1.67. The van der Waals surface area contributed by atoms with E-state index >= 15 is 0 Å². The van der Waals surface area contributed by atoms with Crippen molar-refractivity contribution in [2.45, 2.75) is 19.4 Å². The van der Waals surface area contributed by atoms with Gasteiger partial charge in [0.15, 0.2) is 0 Å². The van der Waals surface area contributed by atoms with Crippen molar-refractivity contribution in [2.24, 2.45) is 5.73 Å². The molecule has 0 aliphatic heterocycles. The van der Waals surface area contributed by atoms with E-state index in [1.807, 2.05) is 24.3 Å². The molecular formula is C18H22N4O. The van der Waals surface area contributed by atoms with E-state index in [0.717, 1.165) is 47.2 Å². The average molecular weight is 310 g/mol. The number of nitrogens with zero attached hydrogens (tertiary/aromatic N) is 2. The number of pyridine rings is 1. The average Bonchev–Trinajstić information content (AvgIpc) is 2.95. The van der Waals surface area contributed by atoms with Crippen LogP contribution in [-0.2, 0) is 6.54 Å². The van der Waals surface area contributed by atoms with Crippen molar-refractivity contribution >= 4 is 16.7 Å². The van der Waals surface area contributed by atoms with Gasteiger partial charge in [0.2, 0.25) is 0 Å². The van der Waals surface area contributed by atoms with E-state index in [2.05, 4.69) is 21.8 Å². The molecule has 0 saturated heterocycles. The van der Waals surface area contributed by atoms with Crippen LogP contribution in [0, 0.1) is 0 Å². The maximum atomic E-state index is 6.16. The zero-order valence-electron chi connectivity index (χ0n) is 13.3. The van der Waals surface area contributed by atoms with Crippen LogP contribution >= 0.6 is 0 Å². The molecule has 5 heteroatoms. The molecule has 0 spiro atoms. The zero-order valence-corrected chi connectivity index (χ0v) is 13.3. The third kappa shape index (κ3) is 3.00. The van der Waals surface area contributed by atoms with Crippen LogP contribution < -0.4 is 16.2 Å². The maximum Gasteiger partial charge on any atom is 0.133 e. The number of nitrogens with two attached hydrogens (primary N) is 2. The Kier molecular flexibility index (Phi) is 4.48. The van der Waals surface area contributed by atoms with Crippen molar-refractivity contribution in [2.75, 3.05) is 19.4 Å². The van der Waals surface area contributed by atoms with Crippen molar-refractivity contribution in [1.82, 2.24) is 9.55 Å². The summed E-state index contributed by atoms with van der Waals surface area (Å²) >= 11 is 0. The number of methoxy groups -OCH3 is 1. The molecule has 0 aliphatic rings. The standard InChI is InChI=1S/C18H22N4O/c1-23-14-6-4-5-13(11-14)15-12-22(10-3-2-8-19)16-7-9-21-18(20)17(15)16/h4-7,9,11-12H,2-3,8,10,19H2,1H3,(H2,20,21). The molecule has 0 amide bonds. The fourth-order valence-electron chi connectivity index (χ4n) is 2.89. The summed E-state index contributed by atoms with van der Waals surface area (Å²) < 4.78 is 7.57. The third-order valence-corrected chi connectivity index (χ3v) is 4.06. The van der Waals surface area contributed by atoms with Crippen LogP contribution in [-0.4, -0.2) is 23.2 Å². The molecular weight excluding hydrogens is 288 g/mol. The zero-order chi connectivity index (χ0) is 16.2. The topological polar surface area (TPSA) is 79.1 Å². The minimum Gasteiger partial charge on any atom is -0.497 e. The van der Waals surface area contributed by atoms with Gasteiger partial charge in [-0.05, 0) is 43.1 Å². The normalized spacial score (nSPS) is 11.0. The second-order valence-electron chi connectivity index (χ2n) is 5.55. The smallest absolute Gasteiger partial charge is 0.133 e. The first kappa shape index (κ1) is 15.4. The van der Waals surface area contributed by atoms with Gasteiger partial charge in [0, 0.05) is 29.9 Å². The van der Waals surface area contributed by atoms with Crippen molar-refractivity contribution in [3.63, 3.8) is 0 Å². The quantitative estimate of drug-likeness (QED) is 0.686. The largest absolute Gasteiger partial charge is 0.497 e. The molecule has 23 heavy (non-hydrogen) atoms. The number of anilines is 1. The van der Waals surface area contributed by atoms with Gasteiger partial charge >= 0.3 is 0 Å². The SMILES string of the molecule is COc1cccc(-c2cn(CCCCN)c3ccnc(N)c23)c1. The van der Waals surface area contributed by atoms with Gasteiger partial charge in [-0.3, -0.25) is 0 Å². The van der Waals surface area contributed by atoms with E-state index in [1.54, 1.807) is 13.3 Å². The van der Waals surface area contributed by atoms with E-state index in [9.17, 15) is 0 Å². The fourth-order valence-corrected chi connectivity index (χ4v) is 2.89. The van der Waals surface area contributed by atoms with Crippen molar-refractivity contribution in [3.8, 4) is 16.9 Å². The fraction of sp³-hybridized carbons (Fsp3) is 0.278. The van der Waals surface area contributed by atoms with Gasteiger partial charge in [0.1, 0.15) is 11.6 Å². The van der Waals surface area contributed by atoms with E-state index in [0.29, 0.717) is 12.4 Å². The Morgan fingerprint density at radius 3 is 2.87 bits per heavy atom. The summed E-state index contributed by atoms with van der Waals surface area (Å²) in [4.78, 5) is 4.26. The number of unbranched alkanes of at least 4 members (excludes halogenated alkanes) is 1. The van der Waals surface area contributed by atoms with Gasteiger partial charge < -0.3 is 20.8 Å². The number of hydrogen-bond acceptors (Lipinski definition) is 4. The summed E-state index contributed by atoms with van der Waals surface area (Å²) in [6, 6.07) is 10.0. The van der Waals surface area contributed by atoms with Crippen LogP contribution in [0.2, 0.25) is 0 Å². The minimum atomic E-state index is 0.554. The van der Waals surface area contributed by atoms with Crippen LogP contribution in [0.3, 0.4) is 0 Å². The molecule has 0 aliphatic carbocycles. The maximum absolute atomic E-state index is 6.16. The lowest BCUT2D eigenvalue weighted by Crippen LogP contribution is -2.02. The Balaban J connectivity index is 2.12. The summed E-state index contributed by atoms with van der Waals surface area (Å²) in [6.07, 6.45) is 5.95. The number of hydrogen-bond donors (Lipinski definition) is 2. The lowest BCUT2D eigenvalue weighted by atomic mass is 10.1. The number of nitrogen functional groups attached to an aromatic ring is 1. The number of rotatable bonds is 6.